The molecular weight excluding hydrogens is 190 g/mol. The highest BCUT2D eigenvalue weighted by Gasteiger charge is 2.06. The minimum Gasteiger partial charge on any atom is -0.394 e. The van der Waals surface area contributed by atoms with Gasteiger partial charge in [0.2, 0.25) is 0 Å². The number of aliphatic hydroxyl groups is 2. The molecule has 0 aliphatic carbocycles. The van der Waals surface area contributed by atoms with Gasteiger partial charge in [0, 0.05) is 6.42 Å². The maximum atomic E-state index is 10.7. The number of hydrogen-bond acceptors (Lipinski definition) is 6. The van der Waals surface area contributed by atoms with Gasteiger partial charge < -0.3 is 10.2 Å². The Morgan fingerprint density at radius 1 is 1.21 bits per heavy atom. The van der Waals surface area contributed by atoms with Crippen molar-refractivity contribution >= 4 is 5.78 Å². The van der Waals surface area contributed by atoms with Crippen LogP contribution in [0.15, 0.2) is 0 Å². The lowest BCUT2D eigenvalue weighted by atomic mass is 10.3. The average molecular weight is 207 g/mol. The number of carbonyl (C=O) groups is 1. The van der Waals surface area contributed by atoms with Gasteiger partial charge in [-0.1, -0.05) is 5.23 Å². The zero-order valence-corrected chi connectivity index (χ0v) is 8.31. The van der Waals surface area contributed by atoms with Gasteiger partial charge in [0.25, 0.3) is 0 Å². The number of hydrogen-bond donors (Lipinski definition) is 2. The highest BCUT2D eigenvalue weighted by atomic mass is 16.9. The molecule has 0 heterocycles. The number of nitrogens with zero attached hydrogens (tertiary/aromatic N) is 1. The third-order valence-electron chi connectivity index (χ3n) is 1.30. The third-order valence-corrected chi connectivity index (χ3v) is 1.30. The summed E-state index contributed by atoms with van der Waals surface area (Å²) in [6.45, 7) is 1.70. The summed E-state index contributed by atoms with van der Waals surface area (Å²) in [5, 5.41) is 18.1. The van der Waals surface area contributed by atoms with E-state index in [1.807, 2.05) is 0 Å². The van der Waals surface area contributed by atoms with E-state index in [2.05, 4.69) is 0 Å². The van der Waals surface area contributed by atoms with E-state index in [0.29, 0.717) is 6.42 Å². The maximum Gasteiger partial charge on any atom is 0.131 e. The molecule has 0 aromatic heterocycles. The molecule has 0 radical (unpaired) electrons. The molecule has 0 aromatic carbocycles. The summed E-state index contributed by atoms with van der Waals surface area (Å²) in [6.07, 6.45) is 0.302. The lowest BCUT2D eigenvalue weighted by Crippen LogP contribution is -2.29. The number of ketones is 1. The minimum atomic E-state index is -0.126. The Balaban J connectivity index is 3.65. The van der Waals surface area contributed by atoms with Crippen LogP contribution in [0.3, 0.4) is 0 Å². The minimum absolute atomic E-state index is 0.0233. The summed E-state index contributed by atoms with van der Waals surface area (Å²) >= 11 is 0. The van der Waals surface area contributed by atoms with Gasteiger partial charge >= 0.3 is 0 Å². The molecule has 6 nitrogen and oxygen atoms in total. The second-order valence-corrected chi connectivity index (χ2v) is 2.62. The van der Waals surface area contributed by atoms with Crippen LogP contribution in [0.25, 0.3) is 0 Å². The van der Waals surface area contributed by atoms with Crippen LogP contribution in [0.4, 0.5) is 0 Å². The highest BCUT2D eigenvalue weighted by Crippen LogP contribution is 1.95. The normalized spacial score (nSPS) is 10.9. The van der Waals surface area contributed by atoms with E-state index < -0.39 is 0 Å². The fraction of sp³-hybridized carbons (Fsp3) is 0.875. The third kappa shape index (κ3) is 8.09. The largest absolute Gasteiger partial charge is 0.394 e. The van der Waals surface area contributed by atoms with Crippen LogP contribution in [-0.4, -0.2) is 54.2 Å². The fourth-order valence-corrected chi connectivity index (χ4v) is 0.700. The summed E-state index contributed by atoms with van der Waals surface area (Å²) in [5.41, 5.74) is 0. The zero-order chi connectivity index (χ0) is 10.8. The summed E-state index contributed by atoms with van der Waals surface area (Å²) in [5.74, 6) is 0.0233. The highest BCUT2D eigenvalue weighted by molar-refractivity contribution is 5.75. The summed E-state index contributed by atoms with van der Waals surface area (Å²) in [4.78, 5) is 20.5. The van der Waals surface area contributed by atoms with Crippen molar-refractivity contribution in [3.8, 4) is 0 Å². The van der Waals surface area contributed by atoms with E-state index in [-0.39, 0.29) is 38.8 Å². The van der Waals surface area contributed by atoms with Crippen LogP contribution >= 0.6 is 0 Å². The molecule has 0 fully saturated rings. The molecular formula is C8H17NO5. The second-order valence-electron chi connectivity index (χ2n) is 2.62. The quantitative estimate of drug-likeness (QED) is 0.478. The Morgan fingerprint density at radius 2 is 1.71 bits per heavy atom. The molecule has 0 aromatic rings. The number of Topliss-reactive ketones (excluding diaryl/α,β-unsaturated/α-hetero) is 1. The van der Waals surface area contributed by atoms with E-state index in [4.69, 9.17) is 19.9 Å². The van der Waals surface area contributed by atoms with Crippen LogP contribution in [0.5, 0.6) is 0 Å². The first-order valence-corrected chi connectivity index (χ1v) is 4.45. The van der Waals surface area contributed by atoms with Crippen molar-refractivity contribution in [2.24, 2.45) is 0 Å². The van der Waals surface area contributed by atoms with Gasteiger partial charge in [0.1, 0.15) is 5.78 Å². The van der Waals surface area contributed by atoms with Crippen molar-refractivity contribution < 1.29 is 24.7 Å². The van der Waals surface area contributed by atoms with Crippen LogP contribution in [0.2, 0.25) is 0 Å². The first kappa shape index (κ1) is 13.5. The summed E-state index contributed by atoms with van der Waals surface area (Å²) in [6, 6.07) is 0. The van der Waals surface area contributed by atoms with Crippen LogP contribution in [0, 0.1) is 0 Å². The molecule has 0 unspecified atom stereocenters. The molecule has 0 atom stereocenters. The van der Waals surface area contributed by atoms with Crippen molar-refractivity contribution in [2.45, 2.75) is 13.3 Å². The van der Waals surface area contributed by atoms with Crippen molar-refractivity contribution in [1.82, 2.24) is 5.23 Å². The lowest BCUT2D eigenvalue weighted by Gasteiger charge is -2.19. The van der Waals surface area contributed by atoms with Gasteiger partial charge in [-0.3, -0.25) is 14.5 Å². The molecule has 0 saturated heterocycles. The smallest absolute Gasteiger partial charge is 0.131 e. The first-order valence-electron chi connectivity index (χ1n) is 4.45. The Labute approximate surface area is 82.9 Å². The van der Waals surface area contributed by atoms with Gasteiger partial charge in [-0.05, 0) is 6.92 Å². The predicted octanol–water partition coefficient (Wildman–Crippen LogP) is -0.885. The van der Waals surface area contributed by atoms with Crippen molar-refractivity contribution in [1.29, 1.82) is 0 Å². The van der Waals surface area contributed by atoms with Gasteiger partial charge in [0.15, 0.2) is 0 Å². The summed E-state index contributed by atoms with van der Waals surface area (Å²) in [7, 11) is 0. The number of aliphatic hydroxyl groups excluding tert-OH is 2. The van der Waals surface area contributed by atoms with Crippen LogP contribution in [0.1, 0.15) is 13.3 Å². The number of hydroxylamine groups is 2. The van der Waals surface area contributed by atoms with Gasteiger partial charge in [-0.2, -0.15) is 0 Å². The SMILES string of the molecule is CC(=O)CCN(OCCO)OCCO. The average Bonchev–Trinajstić information content (AvgIpc) is 2.16. The lowest BCUT2D eigenvalue weighted by molar-refractivity contribution is -0.370. The van der Waals surface area contributed by atoms with Crippen LogP contribution < -0.4 is 0 Å². The molecule has 0 spiro atoms. The number of rotatable bonds is 9. The van der Waals surface area contributed by atoms with Gasteiger partial charge in [-0.25, -0.2) is 0 Å². The van der Waals surface area contributed by atoms with E-state index in [0.717, 1.165) is 5.23 Å². The number of carbonyl (C=O) groups excluding carboxylic acids is 1. The molecule has 0 bridgehead atoms. The second kappa shape index (κ2) is 9.04. The molecule has 0 aliphatic heterocycles. The Morgan fingerprint density at radius 3 is 2.07 bits per heavy atom. The van der Waals surface area contributed by atoms with E-state index in [1.165, 1.54) is 6.92 Å². The van der Waals surface area contributed by atoms with Gasteiger partial charge in [-0.15, -0.1) is 0 Å². The molecule has 0 saturated carbocycles. The molecule has 0 rings (SSSR count). The van der Waals surface area contributed by atoms with Crippen molar-refractivity contribution in [3.05, 3.63) is 0 Å². The predicted molar refractivity (Wildman–Crippen MR) is 48.1 cm³/mol. The Kier molecular flexibility index (Phi) is 8.70. The van der Waals surface area contributed by atoms with Crippen molar-refractivity contribution in [2.75, 3.05) is 33.0 Å². The molecule has 6 heteroatoms. The molecule has 14 heavy (non-hydrogen) atoms. The van der Waals surface area contributed by atoms with E-state index in [1.54, 1.807) is 0 Å². The fourth-order valence-electron chi connectivity index (χ4n) is 0.700. The van der Waals surface area contributed by atoms with Gasteiger partial charge in [0.05, 0.1) is 33.0 Å². The maximum absolute atomic E-state index is 10.7. The van der Waals surface area contributed by atoms with Crippen molar-refractivity contribution in [3.63, 3.8) is 0 Å². The van der Waals surface area contributed by atoms with Crippen LogP contribution in [-0.2, 0) is 14.5 Å². The first-order chi connectivity index (χ1) is 6.70. The standard InChI is InChI=1S/C8H17NO5/c1-8(12)2-3-9(13-6-4-10)14-7-5-11/h10-11H,2-7H2,1H3. The molecule has 84 valence electrons. The monoisotopic (exact) mass is 207 g/mol. The zero-order valence-electron chi connectivity index (χ0n) is 8.31. The molecule has 0 aliphatic rings. The molecule has 0 amide bonds. The van der Waals surface area contributed by atoms with E-state index in [9.17, 15) is 4.79 Å². The Hall–Kier alpha value is -0.530. The topological polar surface area (TPSA) is 79.2 Å². The van der Waals surface area contributed by atoms with E-state index >= 15 is 0 Å². The summed E-state index contributed by atoms with van der Waals surface area (Å²) < 4.78 is 0. The molecule has 2 N–H and O–H groups in total. The Bertz CT molecular complexity index is 145.